The molecular formula is C18H28N2O4S. The maximum atomic E-state index is 13.2. The Morgan fingerprint density at radius 3 is 2.24 bits per heavy atom. The van der Waals surface area contributed by atoms with Crippen molar-refractivity contribution in [3.05, 3.63) is 23.8 Å². The summed E-state index contributed by atoms with van der Waals surface area (Å²) in [6.45, 7) is 1.85. The van der Waals surface area contributed by atoms with Crippen molar-refractivity contribution >= 4 is 10.2 Å². The summed E-state index contributed by atoms with van der Waals surface area (Å²) in [6.07, 6.45) is 5.85. The summed E-state index contributed by atoms with van der Waals surface area (Å²) in [5.41, 5.74) is 0.966. The van der Waals surface area contributed by atoms with Gasteiger partial charge in [-0.25, -0.2) is 0 Å². The highest BCUT2D eigenvalue weighted by Gasteiger charge is 2.39. The average molecular weight is 368 g/mol. The van der Waals surface area contributed by atoms with Crippen LogP contribution in [0.2, 0.25) is 0 Å². The molecular weight excluding hydrogens is 340 g/mol. The molecule has 1 aromatic carbocycles. The molecule has 0 saturated carbocycles. The van der Waals surface area contributed by atoms with Crippen molar-refractivity contribution in [2.75, 3.05) is 33.9 Å². The Bertz CT molecular complexity index is 684. The quantitative estimate of drug-likeness (QED) is 0.802. The van der Waals surface area contributed by atoms with Crippen LogP contribution in [-0.4, -0.2) is 50.9 Å². The van der Waals surface area contributed by atoms with Crippen LogP contribution >= 0.6 is 0 Å². The van der Waals surface area contributed by atoms with Crippen LogP contribution in [0.15, 0.2) is 18.2 Å². The summed E-state index contributed by atoms with van der Waals surface area (Å²) in [4.78, 5) is 0. The highest BCUT2D eigenvalue weighted by atomic mass is 32.2. The lowest BCUT2D eigenvalue weighted by molar-refractivity contribution is 0.328. The molecule has 2 aliphatic heterocycles. The number of hydrogen-bond acceptors (Lipinski definition) is 4. The third-order valence-corrected chi connectivity index (χ3v) is 7.23. The predicted molar refractivity (Wildman–Crippen MR) is 97.2 cm³/mol. The van der Waals surface area contributed by atoms with Crippen LogP contribution < -0.4 is 9.47 Å². The van der Waals surface area contributed by atoms with Gasteiger partial charge in [0.2, 0.25) is 0 Å². The van der Waals surface area contributed by atoms with Gasteiger partial charge in [-0.3, -0.25) is 0 Å². The molecule has 1 atom stereocenters. The lowest BCUT2D eigenvalue weighted by Crippen LogP contribution is -2.43. The first kappa shape index (κ1) is 18.5. The number of hydrogen-bond donors (Lipinski definition) is 0. The van der Waals surface area contributed by atoms with Crippen LogP contribution in [0.4, 0.5) is 0 Å². The summed E-state index contributed by atoms with van der Waals surface area (Å²) in [5, 5.41) is 0. The number of benzene rings is 1. The molecule has 2 saturated heterocycles. The molecule has 0 radical (unpaired) electrons. The van der Waals surface area contributed by atoms with Gasteiger partial charge >= 0.3 is 0 Å². The molecule has 0 N–H and O–H groups in total. The first-order valence-corrected chi connectivity index (χ1v) is 10.5. The van der Waals surface area contributed by atoms with E-state index in [1.54, 1.807) is 22.8 Å². The average Bonchev–Trinajstić information content (AvgIpc) is 2.96. The molecule has 0 aromatic heterocycles. The fraction of sp³-hybridized carbons (Fsp3) is 0.667. The normalized spacial score (nSPS) is 23.4. The maximum Gasteiger partial charge on any atom is 0.282 e. The molecule has 0 spiro atoms. The Morgan fingerprint density at radius 1 is 0.920 bits per heavy atom. The Labute approximate surface area is 150 Å². The molecule has 2 fully saturated rings. The van der Waals surface area contributed by atoms with Gasteiger partial charge in [-0.2, -0.15) is 17.0 Å². The van der Waals surface area contributed by atoms with Gasteiger partial charge in [0, 0.05) is 19.6 Å². The highest BCUT2D eigenvalue weighted by Crippen LogP contribution is 2.39. The highest BCUT2D eigenvalue weighted by molar-refractivity contribution is 7.86. The lowest BCUT2D eigenvalue weighted by Gasteiger charge is -2.30. The van der Waals surface area contributed by atoms with E-state index >= 15 is 0 Å². The van der Waals surface area contributed by atoms with Gasteiger partial charge in [0.25, 0.3) is 10.2 Å². The van der Waals surface area contributed by atoms with E-state index in [2.05, 4.69) is 0 Å². The van der Waals surface area contributed by atoms with Crippen molar-refractivity contribution in [1.29, 1.82) is 0 Å². The molecule has 0 bridgehead atoms. The van der Waals surface area contributed by atoms with Crippen LogP contribution in [0.3, 0.4) is 0 Å². The SMILES string of the molecule is COc1ccc([C@H]2CCCN2S(=O)(=O)N2CCCCCC2)cc1OC. The van der Waals surface area contributed by atoms with Gasteiger partial charge in [-0.05, 0) is 43.4 Å². The van der Waals surface area contributed by atoms with Gasteiger partial charge < -0.3 is 9.47 Å². The van der Waals surface area contributed by atoms with Gasteiger partial charge in [0.05, 0.1) is 20.3 Å². The zero-order valence-electron chi connectivity index (χ0n) is 15.1. The number of rotatable bonds is 5. The monoisotopic (exact) mass is 368 g/mol. The van der Waals surface area contributed by atoms with Crippen LogP contribution in [0.1, 0.15) is 50.1 Å². The van der Waals surface area contributed by atoms with Crippen molar-refractivity contribution in [3.63, 3.8) is 0 Å². The second kappa shape index (κ2) is 7.93. The molecule has 0 unspecified atom stereocenters. The Balaban J connectivity index is 1.87. The second-order valence-electron chi connectivity index (χ2n) is 6.70. The minimum Gasteiger partial charge on any atom is -0.493 e. The van der Waals surface area contributed by atoms with Crippen LogP contribution in [0.25, 0.3) is 0 Å². The van der Waals surface area contributed by atoms with E-state index in [9.17, 15) is 8.42 Å². The van der Waals surface area contributed by atoms with Crippen molar-refractivity contribution < 1.29 is 17.9 Å². The number of nitrogens with zero attached hydrogens (tertiary/aromatic N) is 2. The second-order valence-corrected chi connectivity index (χ2v) is 8.59. The maximum absolute atomic E-state index is 13.2. The fourth-order valence-corrected chi connectivity index (χ4v) is 5.75. The van der Waals surface area contributed by atoms with Crippen LogP contribution in [0, 0.1) is 0 Å². The van der Waals surface area contributed by atoms with Crippen molar-refractivity contribution in [2.45, 2.75) is 44.6 Å². The number of methoxy groups -OCH3 is 2. The van der Waals surface area contributed by atoms with Gasteiger partial charge in [0.1, 0.15) is 0 Å². The summed E-state index contributed by atoms with van der Waals surface area (Å²) in [6, 6.07) is 5.57. The molecule has 2 heterocycles. The van der Waals surface area contributed by atoms with E-state index in [-0.39, 0.29) is 6.04 Å². The first-order valence-electron chi connectivity index (χ1n) is 9.07. The summed E-state index contributed by atoms with van der Waals surface area (Å²) in [7, 11) is -0.223. The third kappa shape index (κ3) is 3.78. The molecule has 6 nitrogen and oxygen atoms in total. The molecule has 2 aliphatic rings. The molecule has 140 valence electrons. The van der Waals surface area contributed by atoms with Crippen molar-refractivity contribution in [1.82, 2.24) is 8.61 Å². The van der Waals surface area contributed by atoms with E-state index in [1.165, 1.54) is 0 Å². The van der Waals surface area contributed by atoms with E-state index in [0.717, 1.165) is 44.1 Å². The first-order chi connectivity index (χ1) is 12.1. The zero-order chi connectivity index (χ0) is 17.9. The van der Waals surface area contributed by atoms with Gasteiger partial charge in [0.15, 0.2) is 11.5 Å². The van der Waals surface area contributed by atoms with Crippen molar-refractivity contribution in [3.8, 4) is 11.5 Å². The van der Waals surface area contributed by atoms with Gasteiger partial charge in [-0.15, -0.1) is 0 Å². The molecule has 25 heavy (non-hydrogen) atoms. The predicted octanol–water partition coefficient (Wildman–Crippen LogP) is 2.96. The largest absolute Gasteiger partial charge is 0.493 e. The van der Waals surface area contributed by atoms with Crippen molar-refractivity contribution in [2.24, 2.45) is 0 Å². The minimum atomic E-state index is -3.42. The topological polar surface area (TPSA) is 59.1 Å². The smallest absolute Gasteiger partial charge is 0.282 e. The zero-order valence-corrected chi connectivity index (χ0v) is 15.9. The summed E-state index contributed by atoms with van der Waals surface area (Å²) in [5.74, 6) is 1.30. The third-order valence-electron chi connectivity index (χ3n) is 5.18. The molecule has 7 heteroatoms. The van der Waals surface area contributed by atoms with Crippen LogP contribution in [0.5, 0.6) is 11.5 Å². The van der Waals surface area contributed by atoms with E-state index in [4.69, 9.17) is 9.47 Å². The number of ether oxygens (including phenoxy) is 2. The lowest BCUT2D eigenvalue weighted by atomic mass is 10.0. The molecule has 1 aromatic rings. The fourth-order valence-electron chi connectivity index (χ4n) is 3.83. The molecule has 3 rings (SSSR count). The van der Waals surface area contributed by atoms with E-state index < -0.39 is 10.2 Å². The Hall–Kier alpha value is -1.31. The molecule has 0 aliphatic carbocycles. The standard InChI is InChI=1S/C18H28N2O4S/c1-23-17-10-9-15(14-18(17)24-2)16-8-7-13-20(16)25(21,22)19-11-5-3-4-6-12-19/h9-10,14,16H,3-8,11-13H2,1-2H3/t16-/m1/s1. The summed E-state index contributed by atoms with van der Waals surface area (Å²) < 4.78 is 40.4. The van der Waals surface area contributed by atoms with Crippen LogP contribution in [-0.2, 0) is 10.2 Å². The Morgan fingerprint density at radius 2 is 1.60 bits per heavy atom. The van der Waals surface area contributed by atoms with E-state index in [1.807, 2.05) is 18.2 Å². The van der Waals surface area contributed by atoms with E-state index in [0.29, 0.717) is 31.1 Å². The minimum absolute atomic E-state index is 0.131. The summed E-state index contributed by atoms with van der Waals surface area (Å²) >= 11 is 0. The molecule has 0 amide bonds. The Kier molecular flexibility index (Phi) is 5.86. The van der Waals surface area contributed by atoms with Gasteiger partial charge in [-0.1, -0.05) is 18.9 Å².